The Balaban J connectivity index is 1.88. The normalized spacial score (nSPS) is 10.3. The van der Waals surface area contributed by atoms with Crippen LogP contribution in [0.5, 0.6) is 0 Å². The zero-order valence-corrected chi connectivity index (χ0v) is 11.6. The smallest absolute Gasteiger partial charge is 0.261 e. The topological polar surface area (TPSA) is 29.1 Å². The zero-order valence-electron chi connectivity index (χ0n) is 10.1. The third kappa shape index (κ3) is 3.12. The summed E-state index contributed by atoms with van der Waals surface area (Å²) >= 11 is 7.52. The fourth-order valence-electron chi connectivity index (χ4n) is 1.70. The predicted molar refractivity (Wildman–Crippen MR) is 76.5 cm³/mol. The highest BCUT2D eigenvalue weighted by atomic mass is 35.5. The number of amides is 1. The molecule has 2 nitrogen and oxygen atoms in total. The number of halogens is 1. The van der Waals surface area contributed by atoms with E-state index in [9.17, 15) is 4.79 Å². The maximum Gasteiger partial charge on any atom is 0.261 e. The summed E-state index contributed by atoms with van der Waals surface area (Å²) in [6.07, 6.45) is 0.746. The summed E-state index contributed by atoms with van der Waals surface area (Å²) in [6, 6.07) is 9.65. The molecule has 2 aromatic rings. The van der Waals surface area contributed by atoms with E-state index in [2.05, 4.69) is 5.32 Å². The second-order valence-corrected chi connectivity index (χ2v) is 5.35. The van der Waals surface area contributed by atoms with Gasteiger partial charge in [0.25, 0.3) is 5.91 Å². The van der Waals surface area contributed by atoms with Crippen LogP contribution in [0.15, 0.2) is 35.7 Å². The molecule has 0 fully saturated rings. The zero-order chi connectivity index (χ0) is 13.0. The second-order valence-electron chi connectivity index (χ2n) is 4.03. The van der Waals surface area contributed by atoms with Gasteiger partial charge in [-0.05, 0) is 42.0 Å². The summed E-state index contributed by atoms with van der Waals surface area (Å²) in [7, 11) is 0. The van der Waals surface area contributed by atoms with Crippen molar-refractivity contribution in [2.24, 2.45) is 0 Å². The van der Waals surface area contributed by atoms with Crippen LogP contribution in [-0.2, 0) is 6.42 Å². The number of carbonyl (C=O) groups excluding carboxylic acids is 1. The Morgan fingerprint density at radius 2 is 2.11 bits per heavy atom. The van der Waals surface area contributed by atoms with Crippen LogP contribution in [-0.4, -0.2) is 12.5 Å². The van der Waals surface area contributed by atoms with Crippen LogP contribution >= 0.6 is 22.9 Å². The summed E-state index contributed by atoms with van der Waals surface area (Å²) in [5, 5.41) is 5.59. The van der Waals surface area contributed by atoms with Crippen molar-refractivity contribution in [3.8, 4) is 0 Å². The van der Waals surface area contributed by atoms with Crippen molar-refractivity contribution in [3.05, 3.63) is 56.7 Å². The molecule has 1 aromatic carbocycles. The van der Waals surface area contributed by atoms with Crippen molar-refractivity contribution in [3.63, 3.8) is 0 Å². The fraction of sp³-hybridized carbons (Fsp3) is 0.214. The van der Waals surface area contributed by atoms with E-state index in [1.165, 1.54) is 11.3 Å². The Bertz CT molecular complexity index is 550. The largest absolute Gasteiger partial charge is 0.351 e. The number of benzene rings is 1. The molecule has 18 heavy (non-hydrogen) atoms. The minimum atomic E-state index is -0.00504. The maximum atomic E-state index is 11.9. The van der Waals surface area contributed by atoms with Gasteiger partial charge in [0.15, 0.2) is 0 Å². The molecule has 0 atom stereocenters. The summed E-state index contributed by atoms with van der Waals surface area (Å²) in [5.41, 5.74) is 2.08. The molecule has 0 aliphatic carbocycles. The van der Waals surface area contributed by atoms with Crippen molar-refractivity contribution < 1.29 is 4.79 Å². The lowest BCUT2D eigenvalue weighted by Crippen LogP contribution is -2.25. The molecule has 0 saturated carbocycles. The maximum absolute atomic E-state index is 11.9. The first kappa shape index (κ1) is 13.1. The standard InChI is InChI=1S/C14H14ClNOS/c1-10-7-9-18-13(10)14(17)16-8-6-11-4-2-3-5-12(11)15/h2-5,7,9H,6,8H2,1H3,(H,16,17). The number of nitrogens with one attached hydrogen (secondary N) is 1. The van der Waals surface area contributed by atoms with Crippen LogP contribution in [0.2, 0.25) is 5.02 Å². The number of carbonyl (C=O) groups is 1. The van der Waals surface area contributed by atoms with Gasteiger partial charge in [-0.3, -0.25) is 4.79 Å². The minimum Gasteiger partial charge on any atom is -0.351 e. The van der Waals surface area contributed by atoms with Gasteiger partial charge in [0.05, 0.1) is 4.88 Å². The highest BCUT2D eigenvalue weighted by Crippen LogP contribution is 2.16. The molecule has 2 rings (SSSR count). The summed E-state index contributed by atoms with van der Waals surface area (Å²) < 4.78 is 0. The Kier molecular flexibility index (Phi) is 4.39. The van der Waals surface area contributed by atoms with Crippen molar-refractivity contribution in [1.82, 2.24) is 5.32 Å². The highest BCUT2D eigenvalue weighted by Gasteiger charge is 2.09. The molecule has 0 saturated heterocycles. The SMILES string of the molecule is Cc1ccsc1C(=O)NCCc1ccccc1Cl. The molecular formula is C14H14ClNOS. The molecule has 0 aliphatic heterocycles. The van der Waals surface area contributed by atoms with Crippen molar-refractivity contribution in [2.75, 3.05) is 6.54 Å². The summed E-state index contributed by atoms with van der Waals surface area (Å²) in [6.45, 7) is 2.54. The van der Waals surface area contributed by atoms with Crippen LogP contribution in [0.3, 0.4) is 0 Å². The molecule has 94 valence electrons. The molecule has 0 unspecified atom stereocenters. The van der Waals surface area contributed by atoms with E-state index in [1.807, 2.05) is 42.6 Å². The molecule has 0 radical (unpaired) electrons. The van der Waals surface area contributed by atoms with Gasteiger partial charge in [0, 0.05) is 11.6 Å². The summed E-state index contributed by atoms with van der Waals surface area (Å²) in [5.74, 6) is -0.00504. The Hall–Kier alpha value is -1.32. The Labute approximate surface area is 116 Å². The van der Waals surface area contributed by atoms with Gasteiger partial charge in [-0.1, -0.05) is 29.8 Å². The Morgan fingerprint density at radius 1 is 1.33 bits per heavy atom. The molecule has 0 aliphatic rings. The van der Waals surface area contributed by atoms with E-state index in [0.29, 0.717) is 6.54 Å². The fourth-order valence-corrected chi connectivity index (χ4v) is 2.77. The summed E-state index contributed by atoms with van der Waals surface area (Å²) in [4.78, 5) is 12.7. The van der Waals surface area contributed by atoms with Crippen LogP contribution < -0.4 is 5.32 Å². The molecule has 1 amide bonds. The molecule has 0 bridgehead atoms. The monoisotopic (exact) mass is 279 g/mol. The van der Waals surface area contributed by atoms with Gasteiger partial charge in [0.1, 0.15) is 0 Å². The first-order valence-corrected chi connectivity index (χ1v) is 7.00. The number of hydrogen-bond donors (Lipinski definition) is 1. The van der Waals surface area contributed by atoms with Gasteiger partial charge in [-0.15, -0.1) is 11.3 Å². The second kappa shape index (κ2) is 6.03. The average Bonchev–Trinajstić information content (AvgIpc) is 2.78. The van der Waals surface area contributed by atoms with Crippen molar-refractivity contribution in [1.29, 1.82) is 0 Å². The lowest BCUT2D eigenvalue weighted by atomic mass is 10.1. The first-order chi connectivity index (χ1) is 8.68. The lowest BCUT2D eigenvalue weighted by molar-refractivity contribution is 0.0957. The lowest BCUT2D eigenvalue weighted by Gasteiger charge is -2.06. The van der Waals surface area contributed by atoms with Gasteiger partial charge in [0.2, 0.25) is 0 Å². The highest BCUT2D eigenvalue weighted by molar-refractivity contribution is 7.12. The third-order valence-electron chi connectivity index (χ3n) is 2.71. The minimum absolute atomic E-state index is 0.00504. The Morgan fingerprint density at radius 3 is 2.78 bits per heavy atom. The molecule has 1 N–H and O–H groups in total. The third-order valence-corrected chi connectivity index (χ3v) is 4.09. The predicted octanol–water partition coefficient (Wildman–Crippen LogP) is 3.68. The van der Waals surface area contributed by atoms with E-state index in [-0.39, 0.29) is 5.91 Å². The molecule has 1 aromatic heterocycles. The molecule has 1 heterocycles. The van der Waals surface area contributed by atoms with Gasteiger partial charge in [-0.25, -0.2) is 0 Å². The van der Waals surface area contributed by atoms with Crippen LogP contribution in [0.1, 0.15) is 20.8 Å². The average molecular weight is 280 g/mol. The van der Waals surface area contributed by atoms with Crippen molar-refractivity contribution in [2.45, 2.75) is 13.3 Å². The van der Waals surface area contributed by atoms with Gasteiger partial charge in [-0.2, -0.15) is 0 Å². The van der Waals surface area contributed by atoms with E-state index < -0.39 is 0 Å². The van der Waals surface area contributed by atoms with E-state index in [1.54, 1.807) is 0 Å². The van der Waals surface area contributed by atoms with Crippen molar-refractivity contribution >= 4 is 28.8 Å². The van der Waals surface area contributed by atoms with E-state index in [0.717, 1.165) is 27.4 Å². The molecule has 4 heteroatoms. The van der Waals surface area contributed by atoms with Crippen LogP contribution in [0, 0.1) is 6.92 Å². The number of rotatable bonds is 4. The first-order valence-electron chi connectivity index (χ1n) is 5.74. The van der Waals surface area contributed by atoms with E-state index in [4.69, 9.17) is 11.6 Å². The van der Waals surface area contributed by atoms with Crippen LogP contribution in [0.4, 0.5) is 0 Å². The quantitative estimate of drug-likeness (QED) is 0.909. The number of aryl methyl sites for hydroxylation is 1. The van der Waals surface area contributed by atoms with E-state index >= 15 is 0 Å². The molecular weight excluding hydrogens is 266 g/mol. The number of hydrogen-bond acceptors (Lipinski definition) is 2. The van der Waals surface area contributed by atoms with Crippen LogP contribution in [0.25, 0.3) is 0 Å². The number of thiophene rings is 1. The van der Waals surface area contributed by atoms with Gasteiger partial charge < -0.3 is 5.32 Å². The van der Waals surface area contributed by atoms with Gasteiger partial charge >= 0.3 is 0 Å². The molecule has 0 spiro atoms.